The number of halogens is 1. The van der Waals surface area contributed by atoms with E-state index in [1.807, 2.05) is 30.3 Å². The number of carbonyl (C=O) groups is 1. The van der Waals surface area contributed by atoms with Crippen LogP contribution in [0.2, 0.25) is 0 Å². The second-order valence-corrected chi connectivity index (χ2v) is 4.13. The monoisotopic (exact) mass is 244 g/mol. The van der Waals surface area contributed by atoms with Crippen LogP contribution in [-0.4, -0.2) is 11.1 Å². The van der Waals surface area contributed by atoms with Crippen LogP contribution in [0.1, 0.15) is 18.4 Å². The van der Waals surface area contributed by atoms with Crippen molar-refractivity contribution in [3.63, 3.8) is 0 Å². The zero-order valence-electron chi connectivity index (χ0n) is 9.93. The molecule has 3 heteroatoms. The number of hydrogen-bond donors (Lipinski definition) is 1. The highest BCUT2D eigenvalue weighted by Crippen LogP contribution is 2.31. The first-order valence-corrected chi connectivity index (χ1v) is 5.68. The number of benzene rings is 2. The average Bonchev–Trinajstić information content (AvgIpc) is 2.38. The lowest BCUT2D eigenvalue weighted by molar-refractivity contribution is -0.138. The Morgan fingerprint density at radius 3 is 2.39 bits per heavy atom. The molecule has 18 heavy (non-hydrogen) atoms. The Morgan fingerprint density at radius 1 is 1.11 bits per heavy atom. The van der Waals surface area contributed by atoms with Gasteiger partial charge in [-0.05, 0) is 24.1 Å². The molecule has 2 aromatic rings. The molecule has 2 rings (SSSR count). The third-order valence-electron chi connectivity index (χ3n) is 2.94. The normalized spacial score (nSPS) is 12.1. The summed E-state index contributed by atoms with van der Waals surface area (Å²) in [5.74, 6) is -2.38. The Balaban J connectivity index is 2.62. The van der Waals surface area contributed by atoms with Crippen LogP contribution in [0.15, 0.2) is 48.5 Å². The van der Waals surface area contributed by atoms with E-state index in [4.69, 9.17) is 5.11 Å². The molecule has 0 aliphatic rings. The summed E-state index contributed by atoms with van der Waals surface area (Å²) < 4.78 is 13.9. The number of aliphatic carboxylic acids is 1. The summed E-state index contributed by atoms with van der Waals surface area (Å²) in [6.45, 7) is 1.49. The van der Waals surface area contributed by atoms with Crippen LogP contribution in [0.5, 0.6) is 0 Å². The van der Waals surface area contributed by atoms with Gasteiger partial charge in [-0.3, -0.25) is 4.79 Å². The van der Waals surface area contributed by atoms with Crippen molar-refractivity contribution in [2.24, 2.45) is 0 Å². The van der Waals surface area contributed by atoms with Gasteiger partial charge in [0.2, 0.25) is 0 Å². The van der Waals surface area contributed by atoms with Gasteiger partial charge in [-0.1, -0.05) is 42.5 Å². The van der Waals surface area contributed by atoms with Crippen LogP contribution in [0, 0.1) is 5.82 Å². The third kappa shape index (κ3) is 2.25. The molecule has 2 aromatic carbocycles. The van der Waals surface area contributed by atoms with Crippen molar-refractivity contribution < 1.29 is 14.3 Å². The molecule has 0 aliphatic carbocycles. The van der Waals surface area contributed by atoms with Crippen LogP contribution >= 0.6 is 0 Å². The molecule has 0 saturated heterocycles. The van der Waals surface area contributed by atoms with E-state index in [-0.39, 0.29) is 5.56 Å². The summed E-state index contributed by atoms with van der Waals surface area (Å²) in [6, 6.07) is 13.9. The van der Waals surface area contributed by atoms with Crippen molar-refractivity contribution in [2.45, 2.75) is 12.8 Å². The van der Waals surface area contributed by atoms with Gasteiger partial charge >= 0.3 is 5.97 Å². The van der Waals surface area contributed by atoms with E-state index >= 15 is 0 Å². The van der Waals surface area contributed by atoms with E-state index in [2.05, 4.69) is 0 Å². The number of carboxylic acid groups (broad SMARTS) is 1. The molecule has 0 fully saturated rings. The fourth-order valence-corrected chi connectivity index (χ4v) is 1.97. The molecule has 0 aliphatic heterocycles. The zero-order valence-corrected chi connectivity index (χ0v) is 9.93. The summed E-state index contributed by atoms with van der Waals surface area (Å²) in [7, 11) is 0. The van der Waals surface area contributed by atoms with Gasteiger partial charge in [0.15, 0.2) is 0 Å². The predicted molar refractivity (Wildman–Crippen MR) is 67.9 cm³/mol. The summed E-state index contributed by atoms with van der Waals surface area (Å²) in [5.41, 5.74) is 1.68. The van der Waals surface area contributed by atoms with E-state index < -0.39 is 17.7 Å². The molecule has 0 radical (unpaired) electrons. The molecule has 0 amide bonds. The van der Waals surface area contributed by atoms with Crippen LogP contribution in [0.25, 0.3) is 11.1 Å². The first-order valence-electron chi connectivity index (χ1n) is 5.68. The molecule has 1 atom stereocenters. The first kappa shape index (κ1) is 12.3. The smallest absolute Gasteiger partial charge is 0.310 e. The molecule has 0 saturated carbocycles. The first-order chi connectivity index (χ1) is 8.61. The molecule has 0 bridgehead atoms. The maximum Gasteiger partial charge on any atom is 0.310 e. The second-order valence-electron chi connectivity index (χ2n) is 4.13. The van der Waals surface area contributed by atoms with Gasteiger partial charge < -0.3 is 5.11 Å². The van der Waals surface area contributed by atoms with E-state index in [1.165, 1.54) is 13.0 Å². The van der Waals surface area contributed by atoms with Crippen LogP contribution in [0.4, 0.5) is 4.39 Å². The second kappa shape index (κ2) is 5.00. The van der Waals surface area contributed by atoms with Crippen molar-refractivity contribution in [3.8, 4) is 11.1 Å². The quantitative estimate of drug-likeness (QED) is 0.894. The Labute approximate surface area is 105 Å². The Bertz CT molecular complexity index is 564. The van der Waals surface area contributed by atoms with Crippen molar-refractivity contribution in [1.29, 1.82) is 0 Å². The van der Waals surface area contributed by atoms with E-state index in [0.29, 0.717) is 5.56 Å². The van der Waals surface area contributed by atoms with Crippen LogP contribution in [-0.2, 0) is 4.79 Å². The molecule has 1 N–H and O–H groups in total. The summed E-state index contributed by atoms with van der Waals surface area (Å²) in [4.78, 5) is 11.1. The summed E-state index contributed by atoms with van der Waals surface area (Å²) in [6.07, 6.45) is 0. The molecular weight excluding hydrogens is 231 g/mol. The SMILES string of the molecule is CC(C(=O)O)c1c(F)cccc1-c1ccccc1. The van der Waals surface area contributed by atoms with Crippen molar-refractivity contribution in [1.82, 2.24) is 0 Å². The van der Waals surface area contributed by atoms with Gasteiger partial charge in [0, 0.05) is 5.56 Å². The van der Waals surface area contributed by atoms with Gasteiger partial charge in [0.05, 0.1) is 5.92 Å². The maximum absolute atomic E-state index is 13.9. The molecule has 1 unspecified atom stereocenters. The molecule has 2 nitrogen and oxygen atoms in total. The molecular formula is C15H13FO2. The highest BCUT2D eigenvalue weighted by atomic mass is 19.1. The topological polar surface area (TPSA) is 37.3 Å². The van der Waals surface area contributed by atoms with Crippen LogP contribution in [0.3, 0.4) is 0 Å². The summed E-state index contributed by atoms with van der Waals surface area (Å²) >= 11 is 0. The molecule has 0 heterocycles. The number of carboxylic acids is 1. The minimum Gasteiger partial charge on any atom is -0.481 e. The van der Waals surface area contributed by atoms with Crippen molar-refractivity contribution >= 4 is 5.97 Å². The lowest BCUT2D eigenvalue weighted by atomic mass is 9.91. The maximum atomic E-state index is 13.9. The van der Waals surface area contributed by atoms with E-state index in [0.717, 1.165) is 5.56 Å². The third-order valence-corrected chi connectivity index (χ3v) is 2.94. The molecule has 0 aromatic heterocycles. The minimum atomic E-state index is -1.03. The molecule has 0 spiro atoms. The fourth-order valence-electron chi connectivity index (χ4n) is 1.97. The van der Waals surface area contributed by atoms with E-state index in [1.54, 1.807) is 12.1 Å². The number of hydrogen-bond acceptors (Lipinski definition) is 1. The lowest BCUT2D eigenvalue weighted by Crippen LogP contribution is -2.10. The predicted octanol–water partition coefficient (Wildman–Crippen LogP) is 3.68. The van der Waals surface area contributed by atoms with Crippen molar-refractivity contribution in [2.75, 3.05) is 0 Å². The lowest BCUT2D eigenvalue weighted by Gasteiger charge is -2.14. The zero-order chi connectivity index (χ0) is 13.1. The standard InChI is InChI=1S/C15H13FO2/c1-10(15(17)18)14-12(8-5-9-13(14)16)11-6-3-2-4-7-11/h2-10H,1H3,(H,17,18). The fraction of sp³-hybridized carbons (Fsp3) is 0.133. The highest BCUT2D eigenvalue weighted by Gasteiger charge is 2.21. The Morgan fingerprint density at radius 2 is 1.78 bits per heavy atom. The summed E-state index contributed by atoms with van der Waals surface area (Å²) in [5, 5.41) is 9.06. The van der Waals surface area contributed by atoms with Crippen LogP contribution < -0.4 is 0 Å². The van der Waals surface area contributed by atoms with Gasteiger partial charge in [0.1, 0.15) is 5.82 Å². The van der Waals surface area contributed by atoms with Crippen molar-refractivity contribution in [3.05, 3.63) is 59.9 Å². The van der Waals surface area contributed by atoms with Gasteiger partial charge in [-0.25, -0.2) is 4.39 Å². The van der Waals surface area contributed by atoms with Gasteiger partial charge in [0.25, 0.3) is 0 Å². The van der Waals surface area contributed by atoms with E-state index in [9.17, 15) is 9.18 Å². The average molecular weight is 244 g/mol. The largest absolute Gasteiger partial charge is 0.481 e. The Kier molecular flexibility index (Phi) is 3.42. The molecule has 92 valence electrons. The highest BCUT2D eigenvalue weighted by molar-refractivity contribution is 5.80. The number of rotatable bonds is 3. The van der Waals surface area contributed by atoms with Gasteiger partial charge in [-0.2, -0.15) is 0 Å². The van der Waals surface area contributed by atoms with Gasteiger partial charge in [-0.15, -0.1) is 0 Å². The minimum absolute atomic E-state index is 0.233. The Hall–Kier alpha value is -2.16.